The first kappa shape index (κ1) is 16.0. The maximum absolute atomic E-state index is 12.3. The molecule has 2 aromatic rings. The van der Waals surface area contributed by atoms with Gasteiger partial charge in [-0.2, -0.15) is 0 Å². The minimum atomic E-state index is -0.00348. The molecule has 1 heterocycles. The molecule has 0 saturated heterocycles. The van der Waals surface area contributed by atoms with E-state index in [0.717, 1.165) is 25.1 Å². The number of fused-ring (bicyclic) bond motifs is 1. The van der Waals surface area contributed by atoms with Crippen LogP contribution in [0.3, 0.4) is 0 Å². The summed E-state index contributed by atoms with van der Waals surface area (Å²) < 4.78 is 0. The second-order valence-electron chi connectivity index (χ2n) is 6.21. The van der Waals surface area contributed by atoms with Gasteiger partial charge in [0, 0.05) is 17.0 Å². The maximum Gasteiger partial charge on any atom is 0.275 e. The van der Waals surface area contributed by atoms with Crippen LogP contribution in [0.15, 0.2) is 48.5 Å². The molecular formula is C19H22ClN2O+. The maximum atomic E-state index is 12.3. The smallest absolute Gasteiger partial charge is 0.275 e. The predicted octanol–water partition coefficient (Wildman–Crippen LogP) is 2.16. The van der Waals surface area contributed by atoms with Crippen LogP contribution >= 0.6 is 11.6 Å². The highest BCUT2D eigenvalue weighted by molar-refractivity contribution is 6.30. The highest BCUT2D eigenvalue weighted by Gasteiger charge is 2.22. The van der Waals surface area contributed by atoms with Crippen LogP contribution in [0.1, 0.15) is 29.7 Å². The van der Waals surface area contributed by atoms with Crippen molar-refractivity contribution in [2.75, 3.05) is 13.1 Å². The van der Waals surface area contributed by atoms with Gasteiger partial charge in [0.25, 0.3) is 5.91 Å². The zero-order valence-corrected chi connectivity index (χ0v) is 14.1. The van der Waals surface area contributed by atoms with Crippen molar-refractivity contribution in [3.05, 3.63) is 70.2 Å². The van der Waals surface area contributed by atoms with Crippen LogP contribution in [0, 0.1) is 0 Å². The first-order chi connectivity index (χ1) is 11.1. The van der Waals surface area contributed by atoms with E-state index in [-0.39, 0.29) is 11.9 Å². The van der Waals surface area contributed by atoms with Crippen molar-refractivity contribution >= 4 is 17.5 Å². The van der Waals surface area contributed by atoms with E-state index in [2.05, 4.69) is 29.6 Å². The van der Waals surface area contributed by atoms with Crippen molar-refractivity contribution in [1.29, 1.82) is 0 Å². The van der Waals surface area contributed by atoms with Crippen LogP contribution in [0.2, 0.25) is 5.02 Å². The van der Waals surface area contributed by atoms with Gasteiger partial charge < -0.3 is 10.2 Å². The van der Waals surface area contributed by atoms with Crippen LogP contribution in [0.4, 0.5) is 0 Å². The quantitative estimate of drug-likeness (QED) is 0.885. The van der Waals surface area contributed by atoms with E-state index in [9.17, 15) is 4.79 Å². The fourth-order valence-electron chi connectivity index (χ4n) is 3.15. The largest absolute Gasteiger partial charge is 0.345 e. The molecule has 2 N–H and O–H groups in total. The summed E-state index contributed by atoms with van der Waals surface area (Å²) in [5.74, 6) is 0.0989. The van der Waals surface area contributed by atoms with Gasteiger partial charge in [-0.1, -0.05) is 48.0 Å². The third kappa shape index (κ3) is 4.12. The third-order valence-corrected chi connectivity index (χ3v) is 4.72. The molecule has 1 unspecified atom stereocenters. The van der Waals surface area contributed by atoms with Crippen molar-refractivity contribution in [2.24, 2.45) is 0 Å². The molecule has 2 atom stereocenters. The van der Waals surface area contributed by atoms with Gasteiger partial charge in [-0.05, 0) is 30.2 Å². The fourth-order valence-corrected chi connectivity index (χ4v) is 3.27. The van der Waals surface area contributed by atoms with Crippen molar-refractivity contribution in [3.8, 4) is 0 Å². The Morgan fingerprint density at radius 1 is 1.17 bits per heavy atom. The van der Waals surface area contributed by atoms with E-state index in [0.29, 0.717) is 11.6 Å². The third-order valence-electron chi connectivity index (χ3n) is 4.46. The van der Waals surface area contributed by atoms with Crippen LogP contribution in [-0.4, -0.2) is 19.0 Å². The first-order valence-corrected chi connectivity index (χ1v) is 8.45. The number of hydrogen-bond acceptors (Lipinski definition) is 1. The average molecular weight is 330 g/mol. The highest BCUT2D eigenvalue weighted by Crippen LogP contribution is 2.15. The number of carbonyl (C=O) groups is 1. The summed E-state index contributed by atoms with van der Waals surface area (Å²) in [4.78, 5) is 13.6. The number of rotatable bonds is 4. The van der Waals surface area contributed by atoms with E-state index in [1.807, 2.05) is 31.2 Å². The van der Waals surface area contributed by atoms with Crippen LogP contribution < -0.4 is 10.2 Å². The molecule has 0 bridgehead atoms. The van der Waals surface area contributed by atoms with Crippen molar-refractivity contribution in [1.82, 2.24) is 5.32 Å². The van der Waals surface area contributed by atoms with Gasteiger partial charge in [-0.3, -0.25) is 4.79 Å². The lowest BCUT2D eigenvalue weighted by Gasteiger charge is -2.26. The zero-order chi connectivity index (χ0) is 16.2. The molecule has 1 amide bonds. The van der Waals surface area contributed by atoms with Gasteiger partial charge in [-0.15, -0.1) is 0 Å². The van der Waals surface area contributed by atoms with Crippen molar-refractivity contribution in [2.45, 2.75) is 25.9 Å². The van der Waals surface area contributed by atoms with Crippen LogP contribution in [0.25, 0.3) is 0 Å². The SMILES string of the molecule is C[C@H](NC(=O)C[NH+]1CCc2ccccc2C1)c1ccc(Cl)cc1. The first-order valence-electron chi connectivity index (χ1n) is 8.07. The Morgan fingerprint density at radius 3 is 2.61 bits per heavy atom. The second-order valence-corrected chi connectivity index (χ2v) is 6.65. The molecule has 0 spiro atoms. The number of hydrogen-bond donors (Lipinski definition) is 2. The molecule has 0 aliphatic carbocycles. The van der Waals surface area contributed by atoms with Gasteiger partial charge in [0.05, 0.1) is 12.6 Å². The lowest BCUT2D eigenvalue weighted by Crippen LogP contribution is -3.12. The molecule has 120 valence electrons. The summed E-state index contributed by atoms with van der Waals surface area (Å²) in [6.45, 7) is 4.47. The monoisotopic (exact) mass is 329 g/mol. The molecule has 2 aromatic carbocycles. The number of carbonyl (C=O) groups excluding carboxylic acids is 1. The molecule has 1 aliphatic heterocycles. The summed E-state index contributed by atoms with van der Waals surface area (Å²) in [7, 11) is 0. The summed E-state index contributed by atoms with van der Waals surface area (Å²) in [6.07, 6.45) is 1.05. The highest BCUT2D eigenvalue weighted by atomic mass is 35.5. The number of nitrogens with one attached hydrogen (secondary N) is 2. The van der Waals surface area contributed by atoms with Crippen LogP contribution in [-0.2, 0) is 17.8 Å². The summed E-state index contributed by atoms with van der Waals surface area (Å²) >= 11 is 5.90. The Bertz CT molecular complexity index is 684. The van der Waals surface area contributed by atoms with E-state index < -0.39 is 0 Å². The Kier molecular flexibility index (Phi) is 4.99. The Balaban J connectivity index is 1.55. The molecule has 0 aromatic heterocycles. The lowest BCUT2D eigenvalue weighted by molar-refractivity contribution is -0.908. The van der Waals surface area contributed by atoms with Gasteiger partial charge in [-0.25, -0.2) is 0 Å². The molecule has 23 heavy (non-hydrogen) atoms. The molecule has 4 heteroatoms. The minimum absolute atomic E-state index is 0.00348. The number of halogens is 1. The summed E-state index contributed by atoms with van der Waals surface area (Å²) in [6, 6.07) is 16.1. The summed E-state index contributed by atoms with van der Waals surface area (Å²) in [5, 5.41) is 3.80. The molecule has 0 saturated carbocycles. The van der Waals surface area contributed by atoms with Crippen molar-refractivity contribution in [3.63, 3.8) is 0 Å². The second kappa shape index (κ2) is 7.16. The van der Waals surface area contributed by atoms with E-state index in [1.54, 1.807) is 0 Å². The van der Waals surface area contributed by atoms with E-state index in [1.165, 1.54) is 16.0 Å². The predicted molar refractivity (Wildman–Crippen MR) is 92.6 cm³/mol. The standard InChI is InChI=1S/C19H21ClN2O/c1-14(15-6-8-18(20)9-7-15)21-19(23)13-22-11-10-16-4-2-3-5-17(16)12-22/h2-9,14H,10-13H2,1H3,(H,21,23)/p+1/t14-/m0/s1. The molecule has 3 rings (SSSR count). The molecule has 1 aliphatic rings. The molecule has 0 radical (unpaired) electrons. The lowest BCUT2D eigenvalue weighted by atomic mass is 10.00. The normalized spacial score (nSPS) is 18.1. The zero-order valence-electron chi connectivity index (χ0n) is 13.3. The average Bonchev–Trinajstić information content (AvgIpc) is 2.55. The van der Waals surface area contributed by atoms with Crippen molar-refractivity contribution < 1.29 is 9.69 Å². The van der Waals surface area contributed by atoms with Gasteiger partial charge >= 0.3 is 0 Å². The molecular weight excluding hydrogens is 308 g/mol. The van der Waals surface area contributed by atoms with E-state index >= 15 is 0 Å². The van der Waals surface area contributed by atoms with E-state index in [4.69, 9.17) is 11.6 Å². The molecule has 0 fully saturated rings. The van der Waals surface area contributed by atoms with Crippen LogP contribution in [0.5, 0.6) is 0 Å². The minimum Gasteiger partial charge on any atom is -0.345 e. The van der Waals surface area contributed by atoms with Gasteiger partial charge in [0.2, 0.25) is 0 Å². The Hall–Kier alpha value is -1.84. The molecule has 3 nitrogen and oxygen atoms in total. The fraction of sp³-hybridized carbons (Fsp3) is 0.316. The summed E-state index contributed by atoms with van der Waals surface area (Å²) in [5.41, 5.74) is 3.86. The van der Waals surface area contributed by atoms with Gasteiger partial charge in [0.15, 0.2) is 6.54 Å². The number of amides is 1. The van der Waals surface area contributed by atoms with Gasteiger partial charge in [0.1, 0.15) is 6.54 Å². The topological polar surface area (TPSA) is 33.5 Å². The Morgan fingerprint density at radius 2 is 1.87 bits per heavy atom. The number of benzene rings is 2. The number of quaternary nitrogens is 1. The Labute approximate surface area is 142 Å².